The van der Waals surface area contributed by atoms with Crippen molar-refractivity contribution in [1.29, 1.82) is 0 Å². The lowest BCUT2D eigenvalue weighted by Gasteiger charge is -2.32. The third-order valence-corrected chi connectivity index (χ3v) is 3.53. The summed E-state index contributed by atoms with van der Waals surface area (Å²) in [4.78, 5) is 25.3. The van der Waals surface area contributed by atoms with E-state index in [0.29, 0.717) is 18.9 Å². The predicted octanol–water partition coefficient (Wildman–Crippen LogP) is 1.83. The van der Waals surface area contributed by atoms with E-state index in [1.54, 1.807) is 0 Å². The van der Waals surface area contributed by atoms with Crippen LogP contribution in [0.3, 0.4) is 0 Å². The van der Waals surface area contributed by atoms with Crippen molar-refractivity contribution < 1.29 is 14.3 Å². The normalized spacial score (nSPS) is 22.1. The van der Waals surface area contributed by atoms with Gasteiger partial charge in [-0.2, -0.15) is 0 Å². The van der Waals surface area contributed by atoms with Crippen LogP contribution in [0.5, 0.6) is 0 Å². The summed E-state index contributed by atoms with van der Waals surface area (Å²) in [6, 6.07) is 0. The molecule has 4 nitrogen and oxygen atoms in total. The smallest absolute Gasteiger partial charge is 0.310 e. The molecule has 1 amide bonds. The highest BCUT2D eigenvalue weighted by molar-refractivity contribution is 5.78. The number of methoxy groups -OCH3 is 1. The van der Waals surface area contributed by atoms with Gasteiger partial charge in [0.25, 0.3) is 0 Å². The SMILES string of the molecule is CCC(C)CC(=O)N1CCCC(C(=O)OC)C1. The molecular weight excluding hydrogens is 218 g/mol. The molecule has 0 aromatic rings. The molecule has 1 aliphatic rings. The Morgan fingerprint density at radius 2 is 2.18 bits per heavy atom. The van der Waals surface area contributed by atoms with Crippen LogP contribution >= 0.6 is 0 Å². The minimum atomic E-state index is -0.189. The van der Waals surface area contributed by atoms with Crippen molar-refractivity contribution in [3.05, 3.63) is 0 Å². The molecule has 0 aromatic carbocycles. The number of nitrogens with zero attached hydrogens (tertiary/aromatic N) is 1. The first-order valence-electron chi connectivity index (χ1n) is 6.44. The molecule has 0 bridgehead atoms. The zero-order chi connectivity index (χ0) is 12.8. The van der Waals surface area contributed by atoms with E-state index < -0.39 is 0 Å². The molecule has 2 atom stereocenters. The largest absolute Gasteiger partial charge is 0.469 e. The van der Waals surface area contributed by atoms with Crippen LogP contribution in [-0.2, 0) is 14.3 Å². The molecule has 1 fully saturated rings. The molecule has 1 heterocycles. The van der Waals surface area contributed by atoms with Crippen LogP contribution in [0, 0.1) is 11.8 Å². The van der Waals surface area contributed by atoms with Crippen LogP contribution < -0.4 is 0 Å². The van der Waals surface area contributed by atoms with Crippen molar-refractivity contribution in [1.82, 2.24) is 4.90 Å². The summed E-state index contributed by atoms with van der Waals surface area (Å²) in [6.45, 7) is 5.48. The van der Waals surface area contributed by atoms with E-state index in [1.807, 2.05) is 4.90 Å². The van der Waals surface area contributed by atoms with E-state index in [0.717, 1.165) is 25.8 Å². The number of ether oxygens (including phenoxy) is 1. The fourth-order valence-electron chi connectivity index (χ4n) is 2.13. The number of carbonyl (C=O) groups is 2. The van der Waals surface area contributed by atoms with E-state index in [4.69, 9.17) is 4.74 Å². The first kappa shape index (κ1) is 14.0. The van der Waals surface area contributed by atoms with Gasteiger partial charge in [-0.1, -0.05) is 20.3 Å². The lowest BCUT2D eigenvalue weighted by atomic mass is 9.96. The molecule has 0 aliphatic carbocycles. The predicted molar refractivity (Wildman–Crippen MR) is 65.4 cm³/mol. The first-order valence-corrected chi connectivity index (χ1v) is 6.44. The van der Waals surface area contributed by atoms with E-state index >= 15 is 0 Å². The zero-order valence-corrected chi connectivity index (χ0v) is 11.1. The Balaban J connectivity index is 2.48. The Morgan fingerprint density at radius 3 is 2.76 bits per heavy atom. The molecule has 0 aromatic heterocycles. The molecule has 0 radical (unpaired) electrons. The van der Waals surface area contributed by atoms with E-state index in [-0.39, 0.29) is 17.8 Å². The number of carbonyl (C=O) groups excluding carboxylic acids is 2. The highest BCUT2D eigenvalue weighted by atomic mass is 16.5. The van der Waals surface area contributed by atoms with Crippen molar-refractivity contribution in [3.8, 4) is 0 Å². The number of esters is 1. The zero-order valence-electron chi connectivity index (χ0n) is 11.1. The van der Waals surface area contributed by atoms with Gasteiger partial charge in [0.15, 0.2) is 0 Å². The second-order valence-electron chi connectivity index (χ2n) is 4.92. The van der Waals surface area contributed by atoms with Crippen molar-refractivity contribution in [2.75, 3.05) is 20.2 Å². The summed E-state index contributed by atoms with van der Waals surface area (Å²) >= 11 is 0. The fourth-order valence-corrected chi connectivity index (χ4v) is 2.13. The molecule has 0 spiro atoms. The highest BCUT2D eigenvalue weighted by Crippen LogP contribution is 2.19. The molecule has 1 saturated heterocycles. The maximum absolute atomic E-state index is 12.0. The number of hydrogen-bond donors (Lipinski definition) is 0. The third kappa shape index (κ3) is 4.02. The van der Waals surface area contributed by atoms with Crippen molar-refractivity contribution >= 4 is 11.9 Å². The molecule has 98 valence electrons. The molecule has 1 rings (SSSR count). The van der Waals surface area contributed by atoms with Crippen LogP contribution in [0.25, 0.3) is 0 Å². The van der Waals surface area contributed by atoms with Gasteiger partial charge in [0.05, 0.1) is 13.0 Å². The van der Waals surface area contributed by atoms with E-state index in [2.05, 4.69) is 13.8 Å². The number of amides is 1. The maximum atomic E-state index is 12.0. The Hall–Kier alpha value is -1.06. The van der Waals surface area contributed by atoms with Gasteiger partial charge in [-0.25, -0.2) is 0 Å². The van der Waals surface area contributed by atoms with E-state index in [1.165, 1.54) is 7.11 Å². The molecule has 17 heavy (non-hydrogen) atoms. The van der Waals surface area contributed by atoms with Gasteiger partial charge in [0.1, 0.15) is 0 Å². The van der Waals surface area contributed by atoms with Crippen LogP contribution in [0.15, 0.2) is 0 Å². The van der Waals surface area contributed by atoms with Gasteiger partial charge in [0, 0.05) is 19.5 Å². The summed E-state index contributed by atoms with van der Waals surface area (Å²) in [7, 11) is 1.41. The second kappa shape index (κ2) is 6.62. The molecule has 2 unspecified atom stereocenters. The standard InChI is InChI=1S/C13H23NO3/c1-4-10(2)8-12(15)14-7-5-6-11(9-14)13(16)17-3/h10-11H,4-9H2,1-3H3. The van der Waals surface area contributed by atoms with Gasteiger partial charge >= 0.3 is 5.97 Å². The van der Waals surface area contributed by atoms with Crippen molar-refractivity contribution in [2.45, 2.75) is 39.5 Å². The van der Waals surface area contributed by atoms with Crippen molar-refractivity contribution in [3.63, 3.8) is 0 Å². The number of piperidine rings is 1. The Morgan fingerprint density at radius 1 is 1.47 bits per heavy atom. The van der Waals surface area contributed by atoms with Gasteiger partial charge in [-0.15, -0.1) is 0 Å². The highest BCUT2D eigenvalue weighted by Gasteiger charge is 2.29. The summed E-state index contributed by atoms with van der Waals surface area (Å²) in [6.07, 6.45) is 3.33. The van der Waals surface area contributed by atoms with Gasteiger partial charge in [0.2, 0.25) is 5.91 Å². The minimum absolute atomic E-state index is 0.130. The third-order valence-electron chi connectivity index (χ3n) is 3.53. The first-order chi connectivity index (χ1) is 8.08. The Bertz CT molecular complexity index is 278. The fraction of sp³-hybridized carbons (Fsp3) is 0.846. The van der Waals surface area contributed by atoms with Crippen LogP contribution in [0.1, 0.15) is 39.5 Å². The summed E-state index contributed by atoms with van der Waals surface area (Å²) in [5, 5.41) is 0. The molecule has 0 N–H and O–H groups in total. The molecule has 1 aliphatic heterocycles. The summed E-state index contributed by atoms with van der Waals surface area (Å²) in [5.41, 5.74) is 0. The lowest BCUT2D eigenvalue weighted by Crippen LogP contribution is -2.43. The van der Waals surface area contributed by atoms with Gasteiger partial charge in [-0.3, -0.25) is 9.59 Å². The Labute approximate surface area is 103 Å². The molecule has 4 heteroatoms. The Kier molecular flexibility index (Phi) is 5.45. The number of hydrogen-bond acceptors (Lipinski definition) is 3. The molecular formula is C13H23NO3. The second-order valence-corrected chi connectivity index (χ2v) is 4.92. The topological polar surface area (TPSA) is 46.6 Å². The van der Waals surface area contributed by atoms with Crippen LogP contribution in [0.2, 0.25) is 0 Å². The quantitative estimate of drug-likeness (QED) is 0.705. The van der Waals surface area contributed by atoms with Gasteiger partial charge in [-0.05, 0) is 18.8 Å². The van der Waals surface area contributed by atoms with Gasteiger partial charge < -0.3 is 9.64 Å². The monoisotopic (exact) mass is 241 g/mol. The summed E-state index contributed by atoms with van der Waals surface area (Å²) in [5.74, 6) is 0.273. The number of rotatable bonds is 4. The van der Waals surface area contributed by atoms with Crippen LogP contribution in [0.4, 0.5) is 0 Å². The number of likely N-dealkylation sites (tertiary alicyclic amines) is 1. The average Bonchev–Trinajstić information content (AvgIpc) is 2.37. The maximum Gasteiger partial charge on any atom is 0.310 e. The van der Waals surface area contributed by atoms with Crippen molar-refractivity contribution in [2.24, 2.45) is 11.8 Å². The van der Waals surface area contributed by atoms with Crippen LogP contribution in [-0.4, -0.2) is 37.0 Å². The lowest BCUT2D eigenvalue weighted by molar-refractivity contribution is -0.149. The summed E-state index contributed by atoms with van der Waals surface area (Å²) < 4.78 is 4.74. The molecule has 0 saturated carbocycles. The minimum Gasteiger partial charge on any atom is -0.469 e. The van der Waals surface area contributed by atoms with E-state index in [9.17, 15) is 9.59 Å². The average molecular weight is 241 g/mol.